The molecule has 0 fully saturated rings. The Hall–Kier alpha value is -5.35. The van der Waals surface area contributed by atoms with Crippen LogP contribution >= 0.6 is 0 Å². The predicted octanol–water partition coefficient (Wildman–Crippen LogP) is 5.33. The van der Waals surface area contributed by atoms with E-state index in [2.05, 4.69) is 49.6 Å². The van der Waals surface area contributed by atoms with Crippen molar-refractivity contribution in [3.63, 3.8) is 0 Å². The van der Waals surface area contributed by atoms with Gasteiger partial charge in [-0.15, -0.1) is 0 Å². The molecule has 11 nitrogen and oxygen atoms in total. The van der Waals surface area contributed by atoms with Crippen molar-refractivity contribution in [3.8, 4) is 28.0 Å². The molecule has 6 rings (SSSR count). The van der Waals surface area contributed by atoms with E-state index >= 15 is 0 Å². The first-order valence-corrected chi connectivity index (χ1v) is 12.1. The zero-order valence-corrected chi connectivity index (χ0v) is 21.5. The van der Waals surface area contributed by atoms with Crippen molar-refractivity contribution in [1.82, 2.24) is 30.4 Å². The minimum absolute atomic E-state index is 0.187. The number of benzene rings is 2. The van der Waals surface area contributed by atoms with E-state index in [1.165, 1.54) is 5.56 Å². The Kier molecular flexibility index (Phi) is 8.72. The van der Waals surface area contributed by atoms with E-state index in [9.17, 15) is 26.3 Å². The van der Waals surface area contributed by atoms with Crippen LogP contribution < -0.4 is 4.74 Å². The van der Waals surface area contributed by atoms with Gasteiger partial charge in [0.05, 0.1) is 36.0 Å². The van der Waals surface area contributed by atoms with Crippen molar-refractivity contribution in [2.75, 3.05) is 6.61 Å². The number of hydrogen-bond acceptors (Lipinski definition) is 6. The number of aromatic amines is 3. The molecule has 2 aromatic carbocycles. The Bertz CT molecular complexity index is 1670. The molecule has 0 aliphatic carbocycles. The molecule has 1 aliphatic heterocycles. The molecule has 3 aromatic heterocycles. The monoisotopic (exact) mass is 610 g/mol. The van der Waals surface area contributed by atoms with Crippen LogP contribution in [0.2, 0.25) is 0 Å². The number of carbonyl (C=O) groups is 2. The second-order valence-electron chi connectivity index (χ2n) is 8.97. The van der Waals surface area contributed by atoms with Crippen molar-refractivity contribution in [3.05, 3.63) is 72.6 Å². The van der Waals surface area contributed by atoms with Crippen molar-refractivity contribution in [1.29, 1.82) is 0 Å². The number of ether oxygens (including phenoxy) is 1. The summed E-state index contributed by atoms with van der Waals surface area (Å²) in [6, 6.07) is 12.5. The normalized spacial score (nSPS) is 14.4. The largest absolute Gasteiger partial charge is 0.493 e. The maximum absolute atomic E-state index is 10.6. The van der Waals surface area contributed by atoms with Crippen LogP contribution in [0.3, 0.4) is 0 Å². The molecule has 0 bridgehead atoms. The fraction of sp³-hybridized carbons (Fsp3) is 0.192. The van der Waals surface area contributed by atoms with Crippen LogP contribution in [0, 0.1) is 0 Å². The van der Waals surface area contributed by atoms with Gasteiger partial charge >= 0.3 is 24.3 Å². The lowest BCUT2D eigenvalue weighted by Gasteiger charge is -2.24. The van der Waals surface area contributed by atoms with E-state index in [0.717, 1.165) is 51.3 Å². The molecule has 0 saturated carbocycles. The second-order valence-corrected chi connectivity index (χ2v) is 8.97. The third-order valence-electron chi connectivity index (χ3n) is 6.00. The van der Waals surface area contributed by atoms with Gasteiger partial charge in [-0.05, 0) is 47.4 Å². The first-order valence-electron chi connectivity index (χ1n) is 12.1. The van der Waals surface area contributed by atoms with Crippen molar-refractivity contribution >= 4 is 23.0 Å². The second kappa shape index (κ2) is 12.3. The van der Waals surface area contributed by atoms with Crippen LogP contribution in [0.5, 0.6) is 5.75 Å². The third-order valence-corrected chi connectivity index (χ3v) is 6.00. The number of alkyl halides is 6. The number of rotatable bonds is 3. The molecular formula is C26H20F6N6O5. The van der Waals surface area contributed by atoms with E-state index in [0.29, 0.717) is 6.61 Å². The van der Waals surface area contributed by atoms with Gasteiger partial charge in [-0.1, -0.05) is 12.1 Å². The zero-order valence-electron chi connectivity index (χ0n) is 21.5. The van der Waals surface area contributed by atoms with Crippen LogP contribution in [0.1, 0.15) is 17.3 Å². The van der Waals surface area contributed by atoms with Crippen LogP contribution in [0.4, 0.5) is 26.3 Å². The summed E-state index contributed by atoms with van der Waals surface area (Å²) in [7, 11) is 0. The number of H-pyrrole nitrogens is 3. The number of nitrogens with one attached hydrogen (secondary N) is 3. The summed E-state index contributed by atoms with van der Waals surface area (Å²) in [5.41, 5.74) is 7.56. The smallest absolute Gasteiger partial charge is 0.490 e. The maximum atomic E-state index is 10.6. The predicted molar refractivity (Wildman–Crippen MR) is 137 cm³/mol. The van der Waals surface area contributed by atoms with E-state index < -0.39 is 24.3 Å². The lowest BCUT2D eigenvalue weighted by Crippen LogP contribution is -2.21. The molecule has 0 radical (unpaired) electrons. The summed E-state index contributed by atoms with van der Waals surface area (Å²) >= 11 is 0. The summed E-state index contributed by atoms with van der Waals surface area (Å²) < 4.78 is 69.5. The zero-order chi connectivity index (χ0) is 31.4. The van der Waals surface area contributed by atoms with Gasteiger partial charge in [-0.3, -0.25) is 10.2 Å². The number of fused-ring (bicyclic) bond motifs is 2. The highest BCUT2D eigenvalue weighted by Gasteiger charge is 2.38. The lowest BCUT2D eigenvalue weighted by molar-refractivity contribution is -0.193. The van der Waals surface area contributed by atoms with Gasteiger partial charge in [0, 0.05) is 23.5 Å². The van der Waals surface area contributed by atoms with Crippen LogP contribution in [-0.4, -0.2) is 71.5 Å². The number of carboxylic acids is 2. The van der Waals surface area contributed by atoms with Crippen molar-refractivity contribution in [2.24, 2.45) is 0 Å². The molecule has 4 heterocycles. The number of imidazole rings is 1. The highest BCUT2D eigenvalue weighted by Crippen LogP contribution is 2.35. The van der Waals surface area contributed by atoms with Crippen molar-refractivity contribution in [2.45, 2.75) is 24.7 Å². The van der Waals surface area contributed by atoms with E-state index in [1.807, 2.05) is 36.9 Å². The van der Waals surface area contributed by atoms with E-state index in [1.54, 1.807) is 0 Å². The Morgan fingerprint density at radius 3 is 1.86 bits per heavy atom. The molecule has 0 saturated heterocycles. The number of carboxylic acid groups (broad SMARTS) is 2. The number of aromatic nitrogens is 6. The minimum Gasteiger partial charge on any atom is -0.493 e. The average Bonchev–Trinajstić information content (AvgIpc) is 3.73. The van der Waals surface area contributed by atoms with Gasteiger partial charge in [0.2, 0.25) is 0 Å². The molecule has 43 heavy (non-hydrogen) atoms. The number of nitrogens with zero attached hydrogens (tertiary/aromatic N) is 3. The Labute approximate surface area is 236 Å². The Balaban J connectivity index is 0.000000254. The molecule has 0 amide bonds. The molecule has 5 aromatic rings. The SMILES string of the molecule is O=C(O)C(F)(F)F.O=C(O)C(F)(F)F.c1cc2c(cc1-c1cn[nH]c1)CC(c1nc3ccc(-c4cn[nH]c4)cc3[nH]1)CO2. The topological polar surface area (TPSA) is 170 Å². The molecule has 17 heteroatoms. The summed E-state index contributed by atoms with van der Waals surface area (Å²) in [5, 5.41) is 28.1. The average molecular weight is 610 g/mol. The Morgan fingerprint density at radius 1 is 0.814 bits per heavy atom. The minimum atomic E-state index is -5.08. The van der Waals surface area contributed by atoms with E-state index in [-0.39, 0.29) is 5.92 Å². The van der Waals surface area contributed by atoms with Gasteiger partial charge in [0.15, 0.2) is 0 Å². The highest BCUT2D eigenvalue weighted by atomic mass is 19.4. The maximum Gasteiger partial charge on any atom is 0.490 e. The fourth-order valence-electron chi connectivity index (χ4n) is 3.97. The van der Waals surface area contributed by atoms with Gasteiger partial charge in [0.25, 0.3) is 0 Å². The molecule has 226 valence electrons. The summed E-state index contributed by atoms with van der Waals surface area (Å²) in [6.45, 7) is 0.618. The fourth-order valence-corrected chi connectivity index (χ4v) is 3.97. The molecule has 5 N–H and O–H groups in total. The van der Waals surface area contributed by atoms with Gasteiger partial charge in [0.1, 0.15) is 11.6 Å². The van der Waals surface area contributed by atoms with Gasteiger partial charge in [-0.25, -0.2) is 14.6 Å². The van der Waals surface area contributed by atoms with Gasteiger partial charge in [-0.2, -0.15) is 36.5 Å². The van der Waals surface area contributed by atoms with Crippen LogP contribution in [0.15, 0.2) is 61.2 Å². The molecule has 1 aliphatic rings. The third kappa shape index (κ3) is 7.69. The standard InChI is InChI=1S/C22H18N6O.2C2HF3O2/c1-3-19-20(7-14(1)18-10-25-26-11-18)28-22(27-19)16-6-15-5-13(17-8-23-24-9-17)2-4-21(15)29-12-16;2*3-2(4,5)1(6)7/h1-5,7-11,16H,6,12H2,(H,23,24)(H,25,26)(H,27,28);2*(H,6,7). The number of halogens is 6. The summed E-state index contributed by atoms with van der Waals surface area (Å²) in [4.78, 5) is 26.1. The molecule has 1 atom stereocenters. The molecular weight excluding hydrogens is 590 g/mol. The highest BCUT2D eigenvalue weighted by molar-refractivity contribution is 5.82. The van der Waals surface area contributed by atoms with Gasteiger partial charge < -0.3 is 19.9 Å². The first-order chi connectivity index (χ1) is 20.2. The quantitative estimate of drug-likeness (QED) is 0.171. The van der Waals surface area contributed by atoms with E-state index in [4.69, 9.17) is 29.5 Å². The lowest BCUT2D eigenvalue weighted by atomic mass is 9.94. The molecule has 1 unspecified atom stereocenters. The van der Waals surface area contributed by atoms with Crippen LogP contribution in [-0.2, 0) is 16.0 Å². The number of hydrogen-bond donors (Lipinski definition) is 5. The number of aliphatic carboxylic acids is 2. The van der Waals surface area contributed by atoms with Crippen LogP contribution in [0.25, 0.3) is 33.3 Å². The van der Waals surface area contributed by atoms with Crippen molar-refractivity contribution < 1.29 is 50.9 Å². The first kappa shape index (κ1) is 30.6. The molecule has 0 spiro atoms. The summed E-state index contributed by atoms with van der Waals surface area (Å²) in [5.74, 6) is -3.41. The Morgan fingerprint density at radius 2 is 1.35 bits per heavy atom. The summed E-state index contributed by atoms with van der Waals surface area (Å²) in [6.07, 6.45) is -1.83.